The van der Waals surface area contributed by atoms with Crippen molar-refractivity contribution in [3.8, 4) is 5.75 Å². The maximum absolute atomic E-state index is 5.66. The number of rotatable bonds is 4. The number of benzene rings is 2. The molecule has 0 bridgehead atoms. The van der Waals surface area contributed by atoms with Crippen LogP contribution in [0.1, 0.15) is 6.42 Å². The number of fused-ring (bicyclic) bond motifs is 1. The molecule has 2 nitrogen and oxygen atoms in total. The topological polar surface area (TPSA) is 35.2 Å². The van der Waals surface area contributed by atoms with E-state index in [2.05, 4.69) is 12.1 Å². The highest BCUT2D eigenvalue weighted by Gasteiger charge is 2.00. The maximum atomic E-state index is 5.66. The third kappa shape index (κ3) is 2.49. The number of nitrogens with two attached hydrogens (primary N) is 1. The monoisotopic (exact) mass is 231 g/mol. The van der Waals surface area contributed by atoms with Gasteiger partial charge < -0.3 is 10.5 Å². The fourth-order valence-corrected chi connectivity index (χ4v) is 1.67. The summed E-state index contributed by atoms with van der Waals surface area (Å²) >= 11 is 4.80. The van der Waals surface area contributed by atoms with Crippen molar-refractivity contribution < 1.29 is 4.74 Å². The third-order valence-electron chi connectivity index (χ3n) is 2.36. The van der Waals surface area contributed by atoms with Crippen LogP contribution in [0.5, 0.6) is 5.75 Å². The van der Waals surface area contributed by atoms with E-state index in [0.29, 0.717) is 18.0 Å². The summed E-state index contributed by atoms with van der Waals surface area (Å²) in [5.41, 5.74) is 5.42. The lowest BCUT2D eigenvalue weighted by molar-refractivity contribution is 0.333. The molecule has 0 unspecified atom stereocenters. The number of hydrogen-bond acceptors (Lipinski definition) is 2. The van der Waals surface area contributed by atoms with E-state index in [1.807, 2.05) is 30.3 Å². The van der Waals surface area contributed by atoms with E-state index in [0.717, 1.165) is 11.1 Å². The molecule has 0 spiro atoms. The predicted molar refractivity (Wildman–Crippen MR) is 70.8 cm³/mol. The lowest BCUT2D eigenvalue weighted by Gasteiger charge is -2.08. The zero-order chi connectivity index (χ0) is 11.4. The van der Waals surface area contributed by atoms with Crippen LogP contribution in [-0.2, 0) is 0 Å². The molecule has 0 saturated heterocycles. The first kappa shape index (κ1) is 10.9. The Kier molecular flexibility index (Phi) is 3.37. The molecule has 2 aromatic carbocycles. The second-order valence-electron chi connectivity index (χ2n) is 3.54. The van der Waals surface area contributed by atoms with Crippen LogP contribution in [0.2, 0.25) is 0 Å². The molecular weight excluding hydrogens is 218 g/mol. The van der Waals surface area contributed by atoms with Gasteiger partial charge in [0.25, 0.3) is 0 Å². The first-order valence-corrected chi connectivity index (χ1v) is 5.57. The average Bonchev–Trinajstić information content (AvgIpc) is 2.29. The Hall–Kier alpha value is -1.61. The smallest absolute Gasteiger partial charge is 0.127 e. The van der Waals surface area contributed by atoms with Crippen LogP contribution in [0.25, 0.3) is 10.8 Å². The molecule has 0 aromatic heterocycles. The van der Waals surface area contributed by atoms with Gasteiger partial charge in [-0.15, -0.1) is 0 Å². The van der Waals surface area contributed by atoms with Crippen LogP contribution in [0.15, 0.2) is 42.5 Å². The van der Waals surface area contributed by atoms with Crippen LogP contribution in [0.3, 0.4) is 0 Å². The Balaban J connectivity index is 2.20. The minimum atomic E-state index is 0.486. The summed E-state index contributed by atoms with van der Waals surface area (Å²) in [5, 5.41) is 2.29. The highest BCUT2D eigenvalue weighted by atomic mass is 32.1. The first-order chi connectivity index (χ1) is 7.77. The number of hydrogen-bond donors (Lipinski definition) is 1. The molecule has 0 saturated carbocycles. The average molecular weight is 231 g/mol. The molecule has 0 amide bonds. The molecule has 2 aromatic rings. The number of thiocarbonyl (C=S) groups is 1. The summed E-state index contributed by atoms with van der Waals surface area (Å²) < 4.78 is 5.66. The first-order valence-electron chi connectivity index (χ1n) is 5.16. The van der Waals surface area contributed by atoms with Gasteiger partial charge in [-0.05, 0) is 11.5 Å². The lowest BCUT2D eigenvalue weighted by Crippen LogP contribution is -2.12. The van der Waals surface area contributed by atoms with Gasteiger partial charge >= 0.3 is 0 Å². The van der Waals surface area contributed by atoms with Gasteiger partial charge in [-0.25, -0.2) is 0 Å². The van der Waals surface area contributed by atoms with Gasteiger partial charge in [0.05, 0.1) is 11.6 Å². The Morgan fingerprint density at radius 1 is 1.12 bits per heavy atom. The van der Waals surface area contributed by atoms with Crippen molar-refractivity contribution in [2.24, 2.45) is 5.73 Å². The number of ether oxygens (including phenoxy) is 1. The molecule has 2 N–H and O–H groups in total. The Morgan fingerprint density at radius 3 is 2.69 bits per heavy atom. The molecule has 0 atom stereocenters. The zero-order valence-electron chi connectivity index (χ0n) is 8.85. The Bertz CT molecular complexity index is 505. The molecule has 3 heteroatoms. The van der Waals surface area contributed by atoms with Crippen LogP contribution < -0.4 is 10.5 Å². The fourth-order valence-electron chi connectivity index (χ4n) is 1.58. The molecule has 2 rings (SSSR count). The van der Waals surface area contributed by atoms with Crippen LogP contribution >= 0.6 is 12.2 Å². The summed E-state index contributed by atoms with van der Waals surface area (Å²) in [5.74, 6) is 0.884. The SMILES string of the molecule is NC(=S)CCOc1cccc2ccccc12. The summed E-state index contributed by atoms with van der Waals surface area (Å²) in [6.07, 6.45) is 0.610. The van der Waals surface area contributed by atoms with Crippen molar-refractivity contribution in [2.75, 3.05) is 6.61 Å². The molecule has 82 valence electrons. The molecular formula is C13H13NOS. The quantitative estimate of drug-likeness (QED) is 0.822. The van der Waals surface area contributed by atoms with E-state index in [9.17, 15) is 0 Å². The molecule has 0 heterocycles. The van der Waals surface area contributed by atoms with E-state index in [4.69, 9.17) is 22.7 Å². The maximum Gasteiger partial charge on any atom is 0.127 e. The fraction of sp³-hybridized carbons (Fsp3) is 0.154. The van der Waals surface area contributed by atoms with Gasteiger partial charge in [-0.2, -0.15) is 0 Å². The van der Waals surface area contributed by atoms with E-state index < -0.39 is 0 Å². The van der Waals surface area contributed by atoms with Gasteiger partial charge in [-0.3, -0.25) is 0 Å². The summed E-state index contributed by atoms with van der Waals surface area (Å²) in [6.45, 7) is 0.531. The predicted octanol–water partition coefficient (Wildman–Crippen LogP) is 2.89. The molecule has 0 fully saturated rings. The standard InChI is InChI=1S/C13H13NOS/c14-13(16)8-9-15-12-7-3-5-10-4-1-2-6-11(10)12/h1-7H,8-9H2,(H2,14,16). The second kappa shape index (κ2) is 4.94. The normalized spacial score (nSPS) is 10.2. The third-order valence-corrected chi connectivity index (χ3v) is 2.56. The summed E-state index contributed by atoms with van der Waals surface area (Å²) in [4.78, 5) is 0.486. The Labute approximate surface area is 100 Å². The van der Waals surface area contributed by atoms with E-state index in [1.54, 1.807) is 0 Å². The highest BCUT2D eigenvalue weighted by Crippen LogP contribution is 2.25. The second-order valence-corrected chi connectivity index (χ2v) is 4.07. The molecule has 0 aliphatic rings. The van der Waals surface area contributed by atoms with E-state index >= 15 is 0 Å². The molecule has 0 radical (unpaired) electrons. The van der Waals surface area contributed by atoms with Crippen molar-refractivity contribution in [1.29, 1.82) is 0 Å². The van der Waals surface area contributed by atoms with Crippen molar-refractivity contribution in [2.45, 2.75) is 6.42 Å². The minimum absolute atomic E-state index is 0.486. The molecule has 0 aliphatic heterocycles. The summed E-state index contributed by atoms with van der Waals surface area (Å²) in [7, 11) is 0. The van der Waals surface area contributed by atoms with Crippen LogP contribution in [0, 0.1) is 0 Å². The molecule has 0 aliphatic carbocycles. The van der Waals surface area contributed by atoms with Gasteiger partial charge in [0, 0.05) is 11.8 Å². The van der Waals surface area contributed by atoms with Crippen molar-refractivity contribution in [3.05, 3.63) is 42.5 Å². The van der Waals surface area contributed by atoms with Crippen molar-refractivity contribution >= 4 is 28.0 Å². The van der Waals surface area contributed by atoms with Crippen LogP contribution in [-0.4, -0.2) is 11.6 Å². The summed E-state index contributed by atoms with van der Waals surface area (Å²) in [6, 6.07) is 14.1. The Morgan fingerprint density at radius 2 is 1.88 bits per heavy atom. The van der Waals surface area contributed by atoms with Crippen molar-refractivity contribution in [1.82, 2.24) is 0 Å². The largest absolute Gasteiger partial charge is 0.493 e. The minimum Gasteiger partial charge on any atom is -0.493 e. The lowest BCUT2D eigenvalue weighted by atomic mass is 10.1. The molecule has 16 heavy (non-hydrogen) atoms. The van der Waals surface area contributed by atoms with Gasteiger partial charge in [0.15, 0.2) is 0 Å². The van der Waals surface area contributed by atoms with Gasteiger partial charge in [0.2, 0.25) is 0 Å². The van der Waals surface area contributed by atoms with E-state index in [1.165, 1.54) is 5.39 Å². The van der Waals surface area contributed by atoms with E-state index in [-0.39, 0.29) is 0 Å². The van der Waals surface area contributed by atoms with Crippen LogP contribution in [0.4, 0.5) is 0 Å². The van der Waals surface area contributed by atoms with Gasteiger partial charge in [0.1, 0.15) is 5.75 Å². The zero-order valence-corrected chi connectivity index (χ0v) is 9.67. The highest BCUT2D eigenvalue weighted by molar-refractivity contribution is 7.80. The van der Waals surface area contributed by atoms with Crippen molar-refractivity contribution in [3.63, 3.8) is 0 Å². The van der Waals surface area contributed by atoms with Gasteiger partial charge in [-0.1, -0.05) is 48.6 Å².